The van der Waals surface area contributed by atoms with E-state index < -0.39 is 4.92 Å². The standard InChI is InChI=1S/C12H6Cl3NO2/c13-8-5-4-7(6-10(8)15)12-9(14)2-1-3-11(12)16(17)18/h1-6H. The van der Waals surface area contributed by atoms with Crippen LogP contribution in [0.2, 0.25) is 15.1 Å². The Morgan fingerprint density at radius 3 is 2.28 bits per heavy atom. The van der Waals surface area contributed by atoms with Gasteiger partial charge >= 0.3 is 0 Å². The summed E-state index contributed by atoms with van der Waals surface area (Å²) in [5.41, 5.74) is 0.824. The van der Waals surface area contributed by atoms with Crippen molar-refractivity contribution in [2.75, 3.05) is 0 Å². The Morgan fingerprint density at radius 1 is 0.944 bits per heavy atom. The van der Waals surface area contributed by atoms with Crippen molar-refractivity contribution >= 4 is 40.5 Å². The molecule has 0 spiro atoms. The van der Waals surface area contributed by atoms with Crippen LogP contribution in [0.4, 0.5) is 5.69 Å². The molecule has 0 atom stereocenters. The van der Waals surface area contributed by atoms with Crippen LogP contribution in [0.5, 0.6) is 0 Å². The molecule has 0 bridgehead atoms. The lowest BCUT2D eigenvalue weighted by molar-refractivity contribution is -0.384. The van der Waals surface area contributed by atoms with Gasteiger partial charge in [0.2, 0.25) is 0 Å². The second-order valence-corrected chi connectivity index (χ2v) is 4.74. The van der Waals surface area contributed by atoms with Gasteiger partial charge in [-0.15, -0.1) is 0 Å². The highest BCUT2D eigenvalue weighted by atomic mass is 35.5. The van der Waals surface area contributed by atoms with Gasteiger partial charge in [0.15, 0.2) is 0 Å². The van der Waals surface area contributed by atoms with E-state index in [1.54, 1.807) is 24.3 Å². The zero-order valence-corrected chi connectivity index (χ0v) is 11.1. The molecule has 3 nitrogen and oxygen atoms in total. The molecule has 0 aliphatic carbocycles. The van der Waals surface area contributed by atoms with Crippen molar-refractivity contribution in [1.29, 1.82) is 0 Å². The van der Waals surface area contributed by atoms with Crippen LogP contribution < -0.4 is 0 Å². The van der Waals surface area contributed by atoms with Gasteiger partial charge in [-0.05, 0) is 23.8 Å². The summed E-state index contributed by atoms with van der Waals surface area (Å²) in [4.78, 5) is 10.5. The molecule has 0 fully saturated rings. The van der Waals surface area contributed by atoms with Crippen molar-refractivity contribution in [2.45, 2.75) is 0 Å². The van der Waals surface area contributed by atoms with Crippen molar-refractivity contribution in [3.63, 3.8) is 0 Å². The second-order valence-electron chi connectivity index (χ2n) is 3.52. The maximum atomic E-state index is 11.0. The van der Waals surface area contributed by atoms with Crippen molar-refractivity contribution in [1.82, 2.24) is 0 Å². The number of hydrogen-bond donors (Lipinski definition) is 0. The van der Waals surface area contributed by atoms with E-state index in [1.807, 2.05) is 0 Å². The van der Waals surface area contributed by atoms with Crippen molar-refractivity contribution < 1.29 is 4.92 Å². The van der Waals surface area contributed by atoms with Crippen LogP contribution in [-0.2, 0) is 0 Å². The molecule has 0 amide bonds. The lowest BCUT2D eigenvalue weighted by Gasteiger charge is -2.06. The van der Waals surface area contributed by atoms with Crippen molar-refractivity contribution in [3.05, 3.63) is 61.6 Å². The molecule has 0 radical (unpaired) electrons. The first-order chi connectivity index (χ1) is 8.50. The maximum Gasteiger partial charge on any atom is 0.278 e. The molecule has 0 heterocycles. The zero-order chi connectivity index (χ0) is 13.3. The highest BCUT2D eigenvalue weighted by Gasteiger charge is 2.18. The van der Waals surface area contributed by atoms with E-state index >= 15 is 0 Å². The quantitative estimate of drug-likeness (QED) is 0.563. The molecule has 6 heteroatoms. The number of benzene rings is 2. The fourth-order valence-corrected chi connectivity index (χ4v) is 2.18. The minimum Gasteiger partial charge on any atom is -0.258 e. The number of halogens is 3. The number of rotatable bonds is 2. The lowest BCUT2D eigenvalue weighted by atomic mass is 10.0. The highest BCUT2D eigenvalue weighted by Crippen LogP contribution is 2.38. The van der Waals surface area contributed by atoms with Gasteiger partial charge in [0.05, 0.1) is 25.6 Å². The van der Waals surface area contributed by atoms with Gasteiger partial charge in [-0.2, -0.15) is 0 Å². The smallest absolute Gasteiger partial charge is 0.258 e. The van der Waals surface area contributed by atoms with Crippen molar-refractivity contribution in [2.24, 2.45) is 0 Å². The summed E-state index contributed by atoms with van der Waals surface area (Å²) in [5, 5.41) is 12.0. The number of nitrogens with zero attached hydrogens (tertiary/aromatic N) is 1. The summed E-state index contributed by atoms with van der Waals surface area (Å²) in [5.74, 6) is 0. The Labute approximate surface area is 118 Å². The SMILES string of the molecule is O=[N+]([O-])c1cccc(Cl)c1-c1ccc(Cl)c(Cl)c1. The monoisotopic (exact) mass is 301 g/mol. The van der Waals surface area contributed by atoms with Crippen LogP contribution in [0.3, 0.4) is 0 Å². The molecule has 0 aromatic heterocycles. The van der Waals surface area contributed by atoms with Crippen LogP contribution in [-0.4, -0.2) is 4.92 Å². The van der Waals surface area contributed by atoms with Gasteiger partial charge in [-0.1, -0.05) is 46.9 Å². The van der Waals surface area contributed by atoms with E-state index in [4.69, 9.17) is 34.8 Å². The Bertz CT molecular complexity index is 629. The van der Waals surface area contributed by atoms with Gasteiger partial charge in [-0.3, -0.25) is 10.1 Å². The molecule has 0 unspecified atom stereocenters. The molecule has 2 aromatic rings. The molecule has 92 valence electrons. The van der Waals surface area contributed by atoms with E-state index in [2.05, 4.69) is 0 Å². The first-order valence-electron chi connectivity index (χ1n) is 4.89. The first kappa shape index (κ1) is 13.1. The van der Waals surface area contributed by atoms with E-state index in [1.165, 1.54) is 12.1 Å². The van der Waals surface area contributed by atoms with Gasteiger partial charge in [-0.25, -0.2) is 0 Å². The van der Waals surface area contributed by atoms with E-state index in [0.717, 1.165) is 0 Å². The third-order valence-corrected chi connectivity index (χ3v) is 3.45. The molecule has 0 aliphatic rings. The summed E-state index contributed by atoms with van der Waals surface area (Å²) in [7, 11) is 0. The van der Waals surface area contributed by atoms with Crippen molar-refractivity contribution in [3.8, 4) is 11.1 Å². The minimum atomic E-state index is -0.482. The predicted octanol–water partition coefficient (Wildman–Crippen LogP) is 5.22. The maximum absolute atomic E-state index is 11.0. The third kappa shape index (κ3) is 2.43. The molecule has 2 aromatic carbocycles. The van der Waals surface area contributed by atoms with E-state index in [-0.39, 0.29) is 5.69 Å². The van der Waals surface area contributed by atoms with Gasteiger partial charge in [0.25, 0.3) is 5.69 Å². The fraction of sp³-hybridized carbons (Fsp3) is 0. The predicted molar refractivity (Wildman–Crippen MR) is 73.6 cm³/mol. The van der Waals surface area contributed by atoms with E-state index in [0.29, 0.717) is 26.2 Å². The van der Waals surface area contributed by atoms with Gasteiger partial charge in [0.1, 0.15) is 0 Å². The molecule has 0 aliphatic heterocycles. The molecule has 18 heavy (non-hydrogen) atoms. The summed E-state index contributed by atoms with van der Waals surface area (Å²) < 4.78 is 0. The zero-order valence-electron chi connectivity index (χ0n) is 8.86. The van der Waals surface area contributed by atoms with Crippen LogP contribution in [0, 0.1) is 10.1 Å². The molecular formula is C12H6Cl3NO2. The number of hydrogen-bond acceptors (Lipinski definition) is 2. The lowest BCUT2D eigenvalue weighted by Crippen LogP contribution is -1.92. The number of nitro benzene ring substituents is 1. The van der Waals surface area contributed by atoms with Crippen LogP contribution >= 0.6 is 34.8 Å². The topological polar surface area (TPSA) is 43.1 Å². The van der Waals surface area contributed by atoms with Crippen LogP contribution in [0.25, 0.3) is 11.1 Å². The highest BCUT2D eigenvalue weighted by molar-refractivity contribution is 6.42. The molecule has 0 saturated carbocycles. The van der Waals surface area contributed by atoms with Crippen LogP contribution in [0.1, 0.15) is 0 Å². The summed E-state index contributed by atoms with van der Waals surface area (Å²) >= 11 is 17.7. The summed E-state index contributed by atoms with van der Waals surface area (Å²) in [6.07, 6.45) is 0. The fourth-order valence-electron chi connectivity index (χ4n) is 1.60. The number of nitro groups is 1. The average Bonchev–Trinajstić information content (AvgIpc) is 2.32. The Balaban J connectivity index is 2.69. The minimum absolute atomic E-state index is 0.0686. The molecule has 2 rings (SSSR count). The van der Waals surface area contributed by atoms with E-state index in [9.17, 15) is 10.1 Å². The average molecular weight is 303 g/mol. The van der Waals surface area contributed by atoms with Gasteiger partial charge < -0.3 is 0 Å². The Morgan fingerprint density at radius 2 is 1.67 bits per heavy atom. The third-order valence-electron chi connectivity index (χ3n) is 2.40. The second kappa shape index (κ2) is 5.14. The molecule has 0 N–H and O–H groups in total. The normalized spacial score (nSPS) is 10.4. The summed E-state index contributed by atoms with van der Waals surface area (Å²) in [6.45, 7) is 0. The molecular weight excluding hydrogens is 296 g/mol. The first-order valence-corrected chi connectivity index (χ1v) is 6.02. The largest absolute Gasteiger partial charge is 0.278 e. The Hall–Kier alpha value is -1.29. The Kier molecular flexibility index (Phi) is 3.76. The molecule has 0 saturated heterocycles. The van der Waals surface area contributed by atoms with Crippen LogP contribution in [0.15, 0.2) is 36.4 Å². The summed E-state index contributed by atoms with van der Waals surface area (Å²) in [6, 6.07) is 9.28. The van der Waals surface area contributed by atoms with Gasteiger partial charge in [0, 0.05) is 6.07 Å².